The van der Waals surface area contributed by atoms with E-state index < -0.39 is 12.1 Å². The lowest BCUT2D eigenvalue weighted by Crippen LogP contribution is -3.11. The summed E-state index contributed by atoms with van der Waals surface area (Å²) >= 11 is 0. The number of imide groups is 1. The van der Waals surface area contributed by atoms with Gasteiger partial charge in [0.1, 0.15) is 6.04 Å². The fourth-order valence-corrected chi connectivity index (χ4v) is 4.42. The highest BCUT2D eigenvalue weighted by Crippen LogP contribution is 2.34. The number of amides is 3. The van der Waals surface area contributed by atoms with Crippen molar-refractivity contribution in [2.75, 3.05) is 26.8 Å². The van der Waals surface area contributed by atoms with Crippen LogP contribution in [0.4, 0.5) is 4.79 Å². The van der Waals surface area contributed by atoms with E-state index in [1.165, 1.54) is 7.05 Å². The van der Waals surface area contributed by atoms with E-state index in [-0.39, 0.29) is 11.9 Å². The summed E-state index contributed by atoms with van der Waals surface area (Å²) < 4.78 is 11.6. The van der Waals surface area contributed by atoms with E-state index in [4.69, 9.17) is 9.47 Å². The van der Waals surface area contributed by atoms with Gasteiger partial charge in [0.2, 0.25) is 0 Å². The molecule has 4 rings (SSSR count). The van der Waals surface area contributed by atoms with Gasteiger partial charge in [0.25, 0.3) is 5.91 Å². The van der Waals surface area contributed by atoms with Gasteiger partial charge >= 0.3 is 6.03 Å². The summed E-state index contributed by atoms with van der Waals surface area (Å²) in [5.41, 5.74) is 2.02. The molecule has 7 heteroatoms. The van der Waals surface area contributed by atoms with Gasteiger partial charge in [-0.05, 0) is 18.2 Å². The Balaban J connectivity index is 1.65. The topological polar surface area (TPSA) is 81.1 Å². The zero-order valence-electron chi connectivity index (χ0n) is 17.1. The molecule has 1 saturated heterocycles. The number of benzene rings is 2. The van der Waals surface area contributed by atoms with Gasteiger partial charge in [-0.25, -0.2) is 4.79 Å². The Hall–Kier alpha value is -3.06. The summed E-state index contributed by atoms with van der Waals surface area (Å²) in [7, 11) is 1.50. The Morgan fingerprint density at radius 2 is 1.80 bits per heavy atom. The third kappa shape index (κ3) is 4.26. The van der Waals surface area contributed by atoms with Gasteiger partial charge in [0.15, 0.2) is 17.5 Å². The van der Waals surface area contributed by atoms with Crippen LogP contribution < -0.4 is 25.0 Å². The average Bonchev–Trinajstić information content (AvgIpc) is 3.11. The number of quaternary nitrogens is 1. The van der Waals surface area contributed by atoms with Crippen molar-refractivity contribution in [1.29, 1.82) is 0 Å². The maximum Gasteiger partial charge on any atom is 0.321 e. The van der Waals surface area contributed by atoms with E-state index in [1.807, 2.05) is 36.4 Å². The predicted molar refractivity (Wildman–Crippen MR) is 112 cm³/mol. The van der Waals surface area contributed by atoms with Crippen LogP contribution in [0.2, 0.25) is 0 Å². The predicted octanol–water partition coefficient (Wildman–Crippen LogP) is 1.76. The van der Waals surface area contributed by atoms with Crippen molar-refractivity contribution in [3.63, 3.8) is 0 Å². The molecule has 1 unspecified atom stereocenters. The molecule has 30 heavy (non-hydrogen) atoms. The molecule has 0 bridgehead atoms. The molecule has 2 heterocycles. The van der Waals surface area contributed by atoms with E-state index in [2.05, 4.69) is 22.8 Å². The second kappa shape index (κ2) is 9.17. The average molecular weight is 410 g/mol. The lowest BCUT2D eigenvalue weighted by molar-refractivity contribution is -0.940. The number of urea groups is 1. The summed E-state index contributed by atoms with van der Waals surface area (Å²) in [4.78, 5) is 26.1. The van der Waals surface area contributed by atoms with E-state index in [9.17, 15) is 9.59 Å². The molecule has 0 spiro atoms. The number of hydrogen-bond donors (Lipinski definition) is 3. The molecule has 2 aromatic rings. The number of carbonyl (C=O) groups is 2. The smallest absolute Gasteiger partial charge is 0.321 e. The molecule has 1 fully saturated rings. The Kier molecular flexibility index (Phi) is 6.18. The first-order valence-electron chi connectivity index (χ1n) is 10.5. The highest BCUT2D eigenvalue weighted by atomic mass is 16.5. The van der Waals surface area contributed by atoms with E-state index in [0.29, 0.717) is 13.2 Å². The van der Waals surface area contributed by atoms with Crippen LogP contribution in [-0.2, 0) is 4.79 Å². The molecular weight excluding hydrogens is 382 g/mol. The van der Waals surface area contributed by atoms with Crippen LogP contribution in [0.25, 0.3) is 0 Å². The molecule has 0 aliphatic carbocycles. The summed E-state index contributed by atoms with van der Waals surface area (Å²) in [6.45, 7) is 2.14. The van der Waals surface area contributed by atoms with E-state index in [0.717, 1.165) is 53.3 Å². The van der Waals surface area contributed by atoms with Gasteiger partial charge in [0.05, 0.1) is 19.8 Å². The highest BCUT2D eigenvalue weighted by Gasteiger charge is 2.41. The number of rotatable bonds is 4. The normalized spacial score (nSPS) is 21.4. The molecule has 3 atom stereocenters. The third-order valence-corrected chi connectivity index (χ3v) is 5.81. The Bertz CT molecular complexity index is 903. The van der Waals surface area contributed by atoms with E-state index in [1.54, 1.807) is 0 Å². The van der Waals surface area contributed by atoms with Crippen LogP contribution in [0.15, 0.2) is 48.5 Å². The van der Waals surface area contributed by atoms with Crippen molar-refractivity contribution >= 4 is 11.9 Å². The molecule has 0 saturated carbocycles. The van der Waals surface area contributed by atoms with Gasteiger partial charge in [-0.1, -0.05) is 30.3 Å². The number of fused-ring (bicyclic) bond motifs is 1. The summed E-state index contributed by atoms with van der Waals surface area (Å²) in [5.74, 6) is 1.24. The Morgan fingerprint density at radius 1 is 1.03 bits per heavy atom. The quantitative estimate of drug-likeness (QED) is 0.718. The molecule has 2 aliphatic heterocycles. The summed E-state index contributed by atoms with van der Waals surface area (Å²) in [5, 5.41) is 4.95. The molecular formula is C23H28N3O4+. The van der Waals surface area contributed by atoms with Crippen LogP contribution in [0.5, 0.6) is 11.5 Å². The first kappa shape index (κ1) is 20.2. The highest BCUT2D eigenvalue weighted by molar-refractivity contribution is 5.96. The lowest BCUT2D eigenvalue weighted by atomic mass is 9.99. The molecule has 0 radical (unpaired) electrons. The number of hydrogen-bond acceptors (Lipinski definition) is 4. The maximum atomic E-state index is 13.1. The third-order valence-electron chi connectivity index (χ3n) is 5.81. The fourth-order valence-electron chi connectivity index (χ4n) is 4.42. The SMILES string of the molecule is CNC(=O)NC(=O)[C@H](c1ccccc1)[NH+]1CCC[C@@H]1c1ccc2c(c1)OCCCO2. The summed E-state index contributed by atoms with van der Waals surface area (Å²) in [6, 6.07) is 14.9. The molecule has 2 aliphatic rings. The van der Waals surface area contributed by atoms with Gasteiger partial charge in [-0.3, -0.25) is 10.1 Å². The molecule has 3 N–H and O–H groups in total. The van der Waals surface area contributed by atoms with Crippen LogP contribution >= 0.6 is 0 Å². The Labute approximate surface area is 176 Å². The maximum absolute atomic E-state index is 13.1. The first-order valence-corrected chi connectivity index (χ1v) is 10.5. The minimum absolute atomic E-state index is 0.128. The van der Waals surface area contributed by atoms with Crippen LogP contribution in [0, 0.1) is 0 Å². The fraction of sp³-hybridized carbons (Fsp3) is 0.391. The number of carbonyl (C=O) groups excluding carboxylic acids is 2. The number of nitrogens with one attached hydrogen (secondary N) is 3. The minimum Gasteiger partial charge on any atom is -0.490 e. The van der Waals surface area contributed by atoms with Crippen molar-refractivity contribution in [1.82, 2.24) is 10.6 Å². The number of likely N-dealkylation sites (tertiary alicyclic amines) is 1. The van der Waals surface area contributed by atoms with Crippen LogP contribution in [0.1, 0.15) is 42.5 Å². The largest absolute Gasteiger partial charge is 0.490 e. The van der Waals surface area contributed by atoms with Crippen LogP contribution in [0.3, 0.4) is 0 Å². The molecule has 3 amide bonds. The van der Waals surface area contributed by atoms with Crippen molar-refractivity contribution in [3.8, 4) is 11.5 Å². The Morgan fingerprint density at radius 3 is 2.57 bits per heavy atom. The first-order chi connectivity index (χ1) is 14.7. The van der Waals surface area contributed by atoms with Gasteiger partial charge in [-0.2, -0.15) is 0 Å². The van der Waals surface area contributed by atoms with Gasteiger partial charge < -0.3 is 19.7 Å². The lowest BCUT2D eigenvalue weighted by Gasteiger charge is -2.29. The van der Waals surface area contributed by atoms with Crippen molar-refractivity contribution < 1.29 is 24.0 Å². The van der Waals surface area contributed by atoms with Gasteiger partial charge in [0, 0.05) is 37.4 Å². The monoisotopic (exact) mass is 410 g/mol. The molecule has 0 aromatic heterocycles. The second-order valence-electron chi connectivity index (χ2n) is 7.69. The minimum atomic E-state index is -0.494. The second-order valence-corrected chi connectivity index (χ2v) is 7.69. The van der Waals surface area contributed by atoms with Crippen molar-refractivity contribution in [2.45, 2.75) is 31.3 Å². The molecule has 158 valence electrons. The zero-order chi connectivity index (χ0) is 20.9. The van der Waals surface area contributed by atoms with Gasteiger partial charge in [-0.15, -0.1) is 0 Å². The molecule has 2 aromatic carbocycles. The van der Waals surface area contributed by atoms with E-state index >= 15 is 0 Å². The zero-order valence-corrected chi connectivity index (χ0v) is 17.1. The van der Waals surface area contributed by atoms with Crippen LogP contribution in [-0.4, -0.2) is 38.7 Å². The van der Waals surface area contributed by atoms with Crippen molar-refractivity contribution in [3.05, 3.63) is 59.7 Å². The number of ether oxygens (including phenoxy) is 2. The van der Waals surface area contributed by atoms with Crippen molar-refractivity contribution in [2.24, 2.45) is 0 Å². The standard InChI is InChI=1S/C23H27N3O4/c1-24-23(28)25-22(27)21(16-7-3-2-4-8-16)26-12-5-9-18(26)17-10-11-19-20(15-17)30-14-6-13-29-19/h2-4,7-8,10-11,15,18,21H,5-6,9,12-14H2,1H3,(H2,24,25,27,28)/p+1/t18-,21+/m1/s1. The summed E-state index contributed by atoms with van der Waals surface area (Å²) in [6.07, 6.45) is 2.83. The molecule has 7 nitrogen and oxygen atoms in total.